The molecule has 4 aromatic heterocycles. The van der Waals surface area contributed by atoms with Gasteiger partial charge in [-0.15, -0.1) is 0 Å². The van der Waals surface area contributed by atoms with E-state index in [4.69, 9.17) is 8.75 Å². The summed E-state index contributed by atoms with van der Waals surface area (Å²) >= 11 is 1.19. The largest absolute Gasteiger partial charge is 0.308 e. The average Bonchev–Trinajstić information content (AvgIpc) is 3.88. The molecule has 0 amide bonds. The highest BCUT2D eigenvalue weighted by Crippen LogP contribution is 2.58. The van der Waals surface area contributed by atoms with Gasteiger partial charge in [0.25, 0.3) is 0 Å². The van der Waals surface area contributed by atoms with Crippen LogP contribution in [-0.4, -0.2) is 22.1 Å². The van der Waals surface area contributed by atoms with Gasteiger partial charge in [0.05, 0.1) is 50.1 Å². The van der Waals surface area contributed by atoms with Crippen molar-refractivity contribution in [3.8, 4) is 5.69 Å². The summed E-state index contributed by atoms with van der Waals surface area (Å²) in [5.41, 5.74) is 8.31. The second kappa shape index (κ2) is 10.2. The molecule has 0 saturated heterocycles. The van der Waals surface area contributed by atoms with E-state index in [1.165, 1.54) is 11.7 Å². The van der Waals surface area contributed by atoms with Gasteiger partial charge >= 0.3 is 0 Å². The molecule has 12 rings (SSSR count). The van der Waals surface area contributed by atoms with Gasteiger partial charge < -0.3 is 9.13 Å². The third kappa shape index (κ3) is 3.55. The number of rotatable bonds is 2. The first-order chi connectivity index (χ1) is 26.2. The van der Waals surface area contributed by atoms with Crippen molar-refractivity contribution in [1.29, 1.82) is 0 Å². The Bertz CT molecular complexity index is 3230. The molecule has 0 N–H and O–H groups in total. The first-order valence-corrected chi connectivity index (χ1v) is 22.2. The zero-order valence-electron chi connectivity index (χ0n) is 29.6. The van der Waals surface area contributed by atoms with Crippen molar-refractivity contribution >= 4 is 113 Å². The van der Waals surface area contributed by atoms with Gasteiger partial charge in [-0.2, -0.15) is 8.75 Å². The smallest absolute Gasteiger partial charge is 0.177 e. The number of benzene rings is 6. The molecule has 7 nitrogen and oxygen atoms in total. The molecule has 0 fully saturated rings. The molecule has 2 aliphatic heterocycles. The maximum absolute atomic E-state index is 17.1. The van der Waals surface area contributed by atoms with E-state index in [1.54, 1.807) is 0 Å². The number of hydrogen-bond acceptors (Lipinski definition) is 5. The standard InChI is InChI=1S/C44H31N5O2P2S/c1-44(2,3)26-22-37-39-38(23-26)53(51,28-16-8-5-9-17-28)41-30-19-11-13-21-34(30)48-36-25-32-31(45-54-46-32)24-35(36)47-33-20-12-10-18-29(33)40(42(47)49(39)43(41)48)52(37,50)27-14-6-4-7-15-27/h4-25H,1-3H3/t52-,53-/m1/s1. The summed E-state index contributed by atoms with van der Waals surface area (Å²) in [4.78, 5) is 0. The quantitative estimate of drug-likeness (QED) is 0.167. The van der Waals surface area contributed by atoms with Crippen molar-refractivity contribution < 1.29 is 9.13 Å². The van der Waals surface area contributed by atoms with E-state index in [-0.39, 0.29) is 5.41 Å². The third-order valence-electron chi connectivity index (χ3n) is 11.6. The maximum Gasteiger partial charge on any atom is 0.177 e. The second-order valence-corrected chi connectivity index (χ2v) is 21.3. The molecule has 10 heteroatoms. The molecule has 0 radical (unpaired) electrons. The van der Waals surface area contributed by atoms with Crippen molar-refractivity contribution in [3.63, 3.8) is 0 Å². The Morgan fingerprint density at radius 1 is 0.537 bits per heavy atom. The molecule has 10 aromatic rings. The summed E-state index contributed by atoms with van der Waals surface area (Å²) < 4.78 is 50.5. The molecular formula is C44H31N5O2P2S. The lowest BCUT2D eigenvalue weighted by Crippen LogP contribution is -2.43. The van der Waals surface area contributed by atoms with Crippen LogP contribution in [0.1, 0.15) is 26.3 Å². The van der Waals surface area contributed by atoms with E-state index in [2.05, 4.69) is 94.8 Å². The van der Waals surface area contributed by atoms with Crippen LogP contribution in [0.25, 0.3) is 60.9 Å². The SMILES string of the molecule is CC(C)(C)c1cc2c3c(c1)[P@](=O)(c1ccccc1)c1c4ccccc4n4c5cc6nsnc6cc5n5c6ccccc6c(c5n-3c14)[P@@]2(=O)c1ccccc1. The van der Waals surface area contributed by atoms with Gasteiger partial charge in [0.2, 0.25) is 0 Å². The van der Waals surface area contributed by atoms with Crippen molar-refractivity contribution in [1.82, 2.24) is 22.1 Å². The van der Waals surface area contributed by atoms with Crippen molar-refractivity contribution in [2.24, 2.45) is 0 Å². The van der Waals surface area contributed by atoms with Crippen molar-refractivity contribution in [2.45, 2.75) is 26.2 Å². The lowest BCUT2D eigenvalue weighted by molar-refractivity contribution is 0.587. The fraction of sp³-hybridized carbons (Fsp3) is 0.0909. The first kappa shape index (κ1) is 30.9. The summed E-state index contributed by atoms with van der Waals surface area (Å²) in [7, 11) is -7.32. The van der Waals surface area contributed by atoms with Crippen LogP contribution in [0.5, 0.6) is 0 Å². The van der Waals surface area contributed by atoms with E-state index in [0.29, 0.717) is 0 Å². The monoisotopic (exact) mass is 755 g/mol. The van der Waals surface area contributed by atoms with Gasteiger partial charge in [-0.05, 0) is 47.4 Å². The molecule has 0 bridgehead atoms. The van der Waals surface area contributed by atoms with Crippen LogP contribution < -0.4 is 31.8 Å². The number of hydrogen-bond donors (Lipinski definition) is 0. The van der Waals surface area contributed by atoms with Gasteiger partial charge in [-0.1, -0.05) is 118 Å². The third-order valence-corrected chi connectivity index (χ3v) is 18.4. The van der Waals surface area contributed by atoms with E-state index in [0.717, 1.165) is 98.2 Å². The van der Waals surface area contributed by atoms with Crippen molar-refractivity contribution in [3.05, 3.63) is 139 Å². The molecular weight excluding hydrogens is 725 g/mol. The molecule has 2 atom stereocenters. The Morgan fingerprint density at radius 2 is 0.963 bits per heavy atom. The summed E-state index contributed by atoms with van der Waals surface area (Å²) in [5.74, 6) is 0. The highest BCUT2D eigenvalue weighted by molar-refractivity contribution is 7.88. The number of aromatic nitrogens is 5. The summed E-state index contributed by atoms with van der Waals surface area (Å²) in [6.07, 6.45) is 0. The normalized spacial score (nSPS) is 18.9. The molecule has 0 unspecified atom stereocenters. The molecule has 260 valence electrons. The molecule has 0 saturated carbocycles. The Balaban J connectivity index is 1.51. The molecule has 0 aliphatic carbocycles. The first-order valence-electron chi connectivity index (χ1n) is 18.1. The zero-order chi connectivity index (χ0) is 36.3. The summed E-state index contributed by atoms with van der Waals surface area (Å²) in [5, 5.41) is 6.38. The average molecular weight is 756 g/mol. The van der Waals surface area contributed by atoms with Crippen LogP contribution in [0.3, 0.4) is 0 Å². The minimum Gasteiger partial charge on any atom is -0.308 e. The van der Waals surface area contributed by atoms with E-state index >= 15 is 9.13 Å². The topological polar surface area (TPSA) is 73.7 Å². The van der Waals surface area contributed by atoms with Crippen LogP contribution in [0.2, 0.25) is 0 Å². The summed E-state index contributed by atoms with van der Waals surface area (Å²) in [6, 6.07) is 45.1. The highest BCUT2D eigenvalue weighted by atomic mass is 32.1. The van der Waals surface area contributed by atoms with Crippen LogP contribution >= 0.6 is 26.0 Å². The lowest BCUT2D eigenvalue weighted by atomic mass is 9.87. The minimum atomic E-state index is -3.66. The lowest BCUT2D eigenvalue weighted by Gasteiger charge is -2.37. The number of fused-ring (bicyclic) bond motifs is 10. The van der Waals surface area contributed by atoms with Gasteiger partial charge in [0, 0.05) is 32.0 Å². The molecule has 0 spiro atoms. The molecule has 2 aliphatic rings. The van der Waals surface area contributed by atoms with Gasteiger partial charge in [-0.25, -0.2) is 0 Å². The van der Waals surface area contributed by atoms with Crippen LogP contribution in [0.4, 0.5) is 0 Å². The van der Waals surface area contributed by atoms with Gasteiger partial charge in [0.15, 0.2) is 14.3 Å². The highest BCUT2D eigenvalue weighted by Gasteiger charge is 2.50. The van der Waals surface area contributed by atoms with E-state index in [9.17, 15) is 0 Å². The Hall–Kier alpha value is -5.52. The van der Waals surface area contributed by atoms with E-state index < -0.39 is 14.3 Å². The predicted octanol–water partition coefficient (Wildman–Crippen LogP) is 8.21. The van der Waals surface area contributed by atoms with E-state index in [1.807, 2.05) is 72.8 Å². The molecule has 6 heterocycles. The predicted molar refractivity (Wildman–Crippen MR) is 225 cm³/mol. The van der Waals surface area contributed by atoms with Crippen molar-refractivity contribution in [2.75, 3.05) is 0 Å². The van der Waals surface area contributed by atoms with Crippen LogP contribution in [0.15, 0.2) is 133 Å². The Kier molecular flexibility index (Phi) is 5.81. The Morgan fingerprint density at radius 3 is 1.41 bits per heavy atom. The second-order valence-electron chi connectivity index (χ2n) is 15.5. The minimum absolute atomic E-state index is 0.336. The zero-order valence-corrected chi connectivity index (χ0v) is 32.2. The van der Waals surface area contributed by atoms with Gasteiger partial charge in [-0.3, -0.25) is 13.4 Å². The maximum atomic E-state index is 17.1. The van der Waals surface area contributed by atoms with Crippen LogP contribution in [-0.2, 0) is 14.5 Å². The fourth-order valence-electron chi connectivity index (χ4n) is 9.22. The Labute approximate surface area is 313 Å². The van der Waals surface area contributed by atoms with Gasteiger partial charge in [0.1, 0.15) is 22.3 Å². The fourth-order valence-corrected chi connectivity index (χ4v) is 16.3. The molecule has 6 aromatic carbocycles. The summed E-state index contributed by atoms with van der Waals surface area (Å²) in [6.45, 7) is 6.54. The molecule has 54 heavy (non-hydrogen) atoms. The number of nitrogens with zero attached hydrogens (tertiary/aromatic N) is 5. The van der Waals surface area contributed by atoms with Crippen LogP contribution in [0, 0.1) is 0 Å². The number of para-hydroxylation sites is 2.